The maximum Gasteiger partial charge on any atom is 0.465 e. The van der Waals surface area contributed by atoms with Crippen molar-refractivity contribution in [3.8, 4) is 5.75 Å². The standard InChI is InChI=1S/C11H4F10O3/c12-3-4(13)6(15)8(7(16)5(3)14)23-1-2-24-9(22)10(17,18)11(19,20)21/h1-2H2. The SMILES string of the molecule is O=C(OCCOc1c(F)c(F)c(F)c(F)c1F)C(F)(F)C(F)(F)F. The van der Waals surface area contributed by atoms with Gasteiger partial charge in [0.2, 0.25) is 29.1 Å². The molecule has 0 saturated carbocycles. The molecule has 0 unspecified atom stereocenters. The Morgan fingerprint density at radius 1 is 0.750 bits per heavy atom. The Balaban J connectivity index is 2.73. The highest BCUT2D eigenvalue weighted by atomic mass is 19.4. The van der Waals surface area contributed by atoms with Gasteiger partial charge in [0, 0.05) is 0 Å². The Morgan fingerprint density at radius 2 is 1.17 bits per heavy atom. The lowest BCUT2D eigenvalue weighted by molar-refractivity contribution is -0.280. The second-order valence-corrected chi connectivity index (χ2v) is 3.96. The Labute approximate surface area is 125 Å². The summed E-state index contributed by atoms with van der Waals surface area (Å²) in [7, 11) is 0. The third-order valence-electron chi connectivity index (χ3n) is 2.34. The van der Waals surface area contributed by atoms with Gasteiger partial charge < -0.3 is 9.47 Å². The summed E-state index contributed by atoms with van der Waals surface area (Å²) in [6.45, 7) is -2.65. The van der Waals surface area contributed by atoms with E-state index in [0.717, 1.165) is 0 Å². The van der Waals surface area contributed by atoms with Crippen LogP contribution in [0.25, 0.3) is 0 Å². The molecule has 0 heterocycles. The molecule has 13 heteroatoms. The fraction of sp³-hybridized carbons (Fsp3) is 0.364. The van der Waals surface area contributed by atoms with Crippen LogP contribution in [0.1, 0.15) is 0 Å². The van der Waals surface area contributed by atoms with Gasteiger partial charge in [-0.1, -0.05) is 0 Å². The molecule has 136 valence electrons. The van der Waals surface area contributed by atoms with Gasteiger partial charge in [0.25, 0.3) is 0 Å². The van der Waals surface area contributed by atoms with Gasteiger partial charge in [0.15, 0.2) is 5.75 Å². The molecular weight excluding hydrogens is 370 g/mol. The molecule has 0 saturated heterocycles. The second-order valence-electron chi connectivity index (χ2n) is 3.96. The number of ether oxygens (including phenoxy) is 2. The maximum absolute atomic E-state index is 13.1. The summed E-state index contributed by atoms with van der Waals surface area (Å²) < 4.78 is 132. The number of hydrogen-bond donors (Lipinski definition) is 0. The minimum absolute atomic E-state index is 1.27. The largest absolute Gasteiger partial charge is 0.484 e. The first kappa shape index (κ1) is 19.8. The van der Waals surface area contributed by atoms with Crippen molar-refractivity contribution in [2.45, 2.75) is 12.1 Å². The molecule has 1 aromatic rings. The lowest BCUT2D eigenvalue weighted by Crippen LogP contribution is -2.45. The quantitative estimate of drug-likeness (QED) is 0.260. The summed E-state index contributed by atoms with van der Waals surface area (Å²) in [4.78, 5) is 10.5. The van der Waals surface area contributed by atoms with Crippen LogP contribution in [-0.4, -0.2) is 31.3 Å². The van der Waals surface area contributed by atoms with Crippen molar-refractivity contribution < 1.29 is 58.2 Å². The lowest BCUT2D eigenvalue weighted by atomic mass is 10.2. The number of hydrogen-bond acceptors (Lipinski definition) is 3. The first-order valence-electron chi connectivity index (χ1n) is 5.58. The van der Waals surface area contributed by atoms with E-state index in [-0.39, 0.29) is 0 Å². The van der Waals surface area contributed by atoms with E-state index in [1.165, 1.54) is 0 Å². The van der Waals surface area contributed by atoms with Crippen molar-refractivity contribution in [3.63, 3.8) is 0 Å². The molecule has 0 atom stereocenters. The summed E-state index contributed by atoms with van der Waals surface area (Å²) >= 11 is 0. The number of alkyl halides is 5. The molecule has 24 heavy (non-hydrogen) atoms. The molecule has 0 N–H and O–H groups in total. The van der Waals surface area contributed by atoms with Crippen LogP contribution in [-0.2, 0) is 9.53 Å². The van der Waals surface area contributed by atoms with Gasteiger partial charge in [-0.05, 0) is 0 Å². The zero-order valence-corrected chi connectivity index (χ0v) is 10.9. The van der Waals surface area contributed by atoms with Crippen LogP contribution in [0.3, 0.4) is 0 Å². The third kappa shape index (κ3) is 3.64. The van der Waals surface area contributed by atoms with Crippen LogP contribution in [0.15, 0.2) is 0 Å². The van der Waals surface area contributed by atoms with Crippen LogP contribution in [0, 0.1) is 29.1 Å². The monoisotopic (exact) mass is 374 g/mol. The number of rotatable bonds is 5. The number of benzene rings is 1. The highest BCUT2D eigenvalue weighted by Crippen LogP contribution is 2.36. The fourth-order valence-electron chi connectivity index (χ4n) is 1.20. The molecule has 1 aromatic carbocycles. The molecule has 0 amide bonds. The molecule has 0 radical (unpaired) electrons. The second kappa shape index (κ2) is 6.73. The highest BCUT2D eigenvalue weighted by molar-refractivity contribution is 5.78. The molecular formula is C11H4F10O3. The maximum atomic E-state index is 13.1. The number of esters is 1. The molecule has 0 aliphatic rings. The highest BCUT2D eigenvalue weighted by Gasteiger charge is 2.64. The predicted molar refractivity (Wildman–Crippen MR) is 53.7 cm³/mol. The van der Waals surface area contributed by atoms with E-state index in [2.05, 4.69) is 9.47 Å². The minimum atomic E-state index is -6.24. The molecule has 0 aliphatic heterocycles. The van der Waals surface area contributed by atoms with Crippen molar-refractivity contribution in [3.05, 3.63) is 29.1 Å². The fourth-order valence-corrected chi connectivity index (χ4v) is 1.20. The van der Waals surface area contributed by atoms with Gasteiger partial charge in [-0.15, -0.1) is 0 Å². The summed E-state index contributed by atoms with van der Waals surface area (Å²) in [6, 6.07) is 0. The summed E-state index contributed by atoms with van der Waals surface area (Å²) in [5.74, 6) is -22.7. The molecule has 0 fully saturated rings. The van der Waals surface area contributed by atoms with E-state index in [9.17, 15) is 48.7 Å². The number of carbonyl (C=O) groups excluding carboxylic acids is 1. The van der Waals surface area contributed by atoms with Gasteiger partial charge >= 0.3 is 18.1 Å². The molecule has 0 spiro atoms. The molecule has 3 nitrogen and oxygen atoms in total. The van der Waals surface area contributed by atoms with Crippen LogP contribution >= 0.6 is 0 Å². The van der Waals surface area contributed by atoms with Gasteiger partial charge in [0.05, 0.1) is 0 Å². The van der Waals surface area contributed by atoms with E-state index in [0.29, 0.717) is 0 Å². The van der Waals surface area contributed by atoms with E-state index >= 15 is 0 Å². The van der Waals surface area contributed by atoms with Crippen molar-refractivity contribution in [1.29, 1.82) is 0 Å². The molecule has 0 bridgehead atoms. The van der Waals surface area contributed by atoms with Gasteiger partial charge in [-0.25, -0.2) is 18.0 Å². The minimum Gasteiger partial charge on any atom is -0.484 e. The third-order valence-corrected chi connectivity index (χ3v) is 2.34. The average molecular weight is 374 g/mol. The van der Waals surface area contributed by atoms with Gasteiger partial charge in [-0.3, -0.25) is 0 Å². The average Bonchev–Trinajstić information content (AvgIpc) is 2.48. The Bertz CT molecular complexity index is 611. The summed E-state index contributed by atoms with van der Waals surface area (Å²) in [5.41, 5.74) is 0. The Hall–Kier alpha value is -2.21. The zero-order chi connectivity index (χ0) is 18.9. The summed E-state index contributed by atoms with van der Waals surface area (Å²) in [6.07, 6.45) is -6.24. The van der Waals surface area contributed by atoms with E-state index in [4.69, 9.17) is 0 Å². The van der Waals surface area contributed by atoms with Crippen LogP contribution in [0.5, 0.6) is 5.75 Å². The van der Waals surface area contributed by atoms with Crippen LogP contribution in [0.4, 0.5) is 43.9 Å². The normalized spacial score (nSPS) is 12.2. The molecule has 0 aromatic heterocycles. The predicted octanol–water partition coefficient (Wildman–Crippen LogP) is 3.50. The van der Waals surface area contributed by atoms with E-state index in [1.807, 2.05) is 0 Å². The zero-order valence-electron chi connectivity index (χ0n) is 10.9. The van der Waals surface area contributed by atoms with E-state index < -0.39 is 66.1 Å². The Morgan fingerprint density at radius 3 is 1.58 bits per heavy atom. The van der Waals surface area contributed by atoms with Crippen molar-refractivity contribution in [2.75, 3.05) is 13.2 Å². The first-order valence-corrected chi connectivity index (χ1v) is 5.58. The van der Waals surface area contributed by atoms with Crippen LogP contribution in [0.2, 0.25) is 0 Å². The Kier molecular flexibility index (Phi) is 5.56. The lowest BCUT2D eigenvalue weighted by Gasteiger charge is -2.17. The van der Waals surface area contributed by atoms with Crippen molar-refractivity contribution in [2.24, 2.45) is 0 Å². The topological polar surface area (TPSA) is 35.5 Å². The summed E-state index contributed by atoms with van der Waals surface area (Å²) in [5, 5.41) is 0. The van der Waals surface area contributed by atoms with Gasteiger partial charge in [-0.2, -0.15) is 30.7 Å². The van der Waals surface area contributed by atoms with Crippen LogP contribution < -0.4 is 4.74 Å². The van der Waals surface area contributed by atoms with Crippen molar-refractivity contribution >= 4 is 5.97 Å². The number of carbonyl (C=O) groups is 1. The first-order chi connectivity index (χ1) is 10.8. The smallest absolute Gasteiger partial charge is 0.465 e. The van der Waals surface area contributed by atoms with Crippen molar-refractivity contribution in [1.82, 2.24) is 0 Å². The van der Waals surface area contributed by atoms with E-state index in [1.54, 1.807) is 0 Å². The molecule has 1 rings (SSSR count). The number of halogens is 10. The molecule has 0 aliphatic carbocycles. The van der Waals surface area contributed by atoms with Gasteiger partial charge in [0.1, 0.15) is 13.2 Å².